The van der Waals surface area contributed by atoms with Gasteiger partial charge in [0, 0.05) is 38.1 Å². The first-order chi connectivity index (χ1) is 14.0. The van der Waals surface area contributed by atoms with Crippen LogP contribution in [0.2, 0.25) is 0 Å². The lowest BCUT2D eigenvalue weighted by Crippen LogP contribution is -2.33. The molecule has 2 aliphatic rings. The topological polar surface area (TPSA) is 99.5 Å². The number of alkyl halides is 3. The number of aromatic nitrogens is 3. The Morgan fingerprint density at radius 1 is 1.20 bits per heavy atom. The van der Waals surface area contributed by atoms with E-state index in [4.69, 9.17) is 9.90 Å². The molecule has 2 aromatic rings. The molecule has 13 heteroatoms. The number of amides is 1. The number of carbonyl (C=O) groups excluding carboxylic acids is 1. The summed E-state index contributed by atoms with van der Waals surface area (Å²) in [4.78, 5) is 31.3. The van der Waals surface area contributed by atoms with Crippen LogP contribution in [0.15, 0.2) is 5.38 Å². The molecule has 0 aliphatic carbocycles. The van der Waals surface area contributed by atoms with Crippen LogP contribution in [-0.2, 0) is 11.3 Å². The molecule has 30 heavy (non-hydrogen) atoms. The van der Waals surface area contributed by atoms with Crippen molar-refractivity contribution in [2.75, 3.05) is 26.2 Å². The summed E-state index contributed by atoms with van der Waals surface area (Å²) in [5.41, 5.74) is 1.70. The number of halogens is 3. The maximum atomic E-state index is 12.5. The van der Waals surface area contributed by atoms with Gasteiger partial charge in [-0.15, -0.1) is 16.4 Å². The molecule has 4 heterocycles. The number of aryl methyl sites for hydroxylation is 2. The van der Waals surface area contributed by atoms with E-state index in [9.17, 15) is 18.0 Å². The minimum Gasteiger partial charge on any atom is -0.475 e. The van der Waals surface area contributed by atoms with Gasteiger partial charge in [0.05, 0.1) is 15.6 Å². The van der Waals surface area contributed by atoms with Crippen molar-refractivity contribution in [2.45, 2.75) is 26.6 Å². The highest BCUT2D eigenvalue weighted by Gasteiger charge is 2.42. The van der Waals surface area contributed by atoms with E-state index in [1.807, 2.05) is 18.7 Å². The van der Waals surface area contributed by atoms with Gasteiger partial charge in [0.1, 0.15) is 0 Å². The molecule has 1 N–H and O–H groups in total. The predicted octanol–water partition coefficient (Wildman–Crippen LogP) is 2.45. The van der Waals surface area contributed by atoms with E-state index in [-0.39, 0.29) is 5.91 Å². The summed E-state index contributed by atoms with van der Waals surface area (Å²) in [6.45, 7) is 8.68. The SMILES string of the molecule is Cc1nc(CN2CC3CN(C(=O)c4nnsc4C)CC3C2)cs1.O=C(O)C(F)(F)F. The number of hydrogen-bond donors (Lipinski definition) is 1. The van der Waals surface area contributed by atoms with Gasteiger partial charge in [0.2, 0.25) is 0 Å². The second kappa shape index (κ2) is 8.94. The monoisotopic (exact) mass is 463 g/mol. The summed E-state index contributed by atoms with van der Waals surface area (Å²) in [7, 11) is 0. The van der Waals surface area contributed by atoms with Crippen molar-refractivity contribution >= 4 is 34.7 Å². The molecule has 2 unspecified atom stereocenters. The molecule has 8 nitrogen and oxygen atoms in total. The third-order valence-corrected chi connectivity index (χ3v) is 6.45. The molecular weight excluding hydrogens is 443 g/mol. The molecule has 0 aromatic carbocycles. The molecule has 4 rings (SSSR count). The first kappa shape index (κ1) is 22.6. The Bertz CT molecular complexity index is 903. The van der Waals surface area contributed by atoms with Gasteiger partial charge in [-0.05, 0) is 37.2 Å². The van der Waals surface area contributed by atoms with Crippen LogP contribution in [0.1, 0.15) is 26.1 Å². The Labute approximate surface area is 178 Å². The number of carboxylic acids is 1. The van der Waals surface area contributed by atoms with Gasteiger partial charge in [0.15, 0.2) is 5.69 Å². The first-order valence-electron chi connectivity index (χ1n) is 9.06. The van der Waals surface area contributed by atoms with E-state index in [1.54, 1.807) is 11.3 Å². The summed E-state index contributed by atoms with van der Waals surface area (Å²) in [6.07, 6.45) is -5.08. The van der Waals surface area contributed by atoms with Crippen molar-refractivity contribution in [3.05, 3.63) is 26.7 Å². The summed E-state index contributed by atoms with van der Waals surface area (Å²) in [5, 5.41) is 14.4. The summed E-state index contributed by atoms with van der Waals surface area (Å²) in [6, 6.07) is 0. The van der Waals surface area contributed by atoms with Crippen molar-refractivity contribution in [2.24, 2.45) is 11.8 Å². The number of hydrogen-bond acceptors (Lipinski definition) is 8. The Morgan fingerprint density at radius 3 is 2.23 bits per heavy atom. The maximum absolute atomic E-state index is 12.5. The van der Waals surface area contributed by atoms with Crippen LogP contribution >= 0.6 is 22.9 Å². The number of likely N-dealkylation sites (tertiary alicyclic amines) is 2. The average molecular weight is 464 g/mol. The number of fused-ring (bicyclic) bond motifs is 1. The van der Waals surface area contributed by atoms with E-state index >= 15 is 0 Å². The van der Waals surface area contributed by atoms with E-state index in [1.165, 1.54) is 17.2 Å². The zero-order valence-corrected chi connectivity index (χ0v) is 17.9. The van der Waals surface area contributed by atoms with Gasteiger partial charge in [-0.1, -0.05) is 4.49 Å². The number of rotatable bonds is 3. The zero-order valence-electron chi connectivity index (χ0n) is 16.2. The van der Waals surface area contributed by atoms with E-state index in [0.29, 0.717) is 17.5 Å². The molecular formula is C17H20F3N5O3S2. The molecule has 1 amide bonds. The van der Waals surface area contributed by atoms with Crippen molar-refractivity contribution in [3.63, 3.8) is 0 Å². The Morgan fingerprint density at radius 2 is 1.80 bits per heavy atom. The zero-order chi connectivity index (χ0) is 22.1. The molecule has 0 saturated carbocycles. The highest BCUT2D eigenvalue weighted by atomic mass is 32.1. The lowest BCUT2D eigenvalue weighted by molar-refractivity contribution is -0.192. The second-order valence-corrected chi connectivity index (χ2v) is 9.28. The molecule has 2 atom stereocenters. The van der Waals surface area contributed by atoms with Crippen LogP contribution in [-0.4, -0.2) is 73.7 Å². The van der Waals surface area contributed by atoms with Crippen molar-refractivity contribution in [1.82, 2.24) is 24.4 Å². The third-order valence-electron chi connectivity index (χ3n) is 5.00. The number of carbonyl (C=O) groups is 2. The molecule has 2 saturated heterocycles. The van der Waals surface area contributed by atoms with Gasteiger partial charge < -0.3 is 10.0 Å². The van der Waals surface area contributed by atoms with Crippen LogP contribution < -0.4 is 0 Å². The lowest BCUT2D eigenvalue weighted by atomic mass is 10.0. The first-order valence-corrected chi connectivity index (χ1v) is 10.7. The average Bonchev–Trinajstić information content (AvgIpc) is 3.39. The van der Waals surface area contributed by atoms with Crippen LogP contribution in [0.3, 0.4) is 0 Å². The van der Waals surface area contributed by atoms with Crippen LogP contribution in [0, 0.1) is 25.7 Å². The molecule has 2 fully saturated rings. The standard InChI is InChI=1S/C15H19N5OS2.C2HF3O2/c1-9-14(17-18-23-9)15(21)20-5-11-3-19(4-12(11)6-20)7-13-8-22-10(2)16-13;3-2(4,5)1(6)7/h8,11-12H,3-7H2,1-2H3;(H,6,7). The molecule has 2 aromatic heterocycles. The van der Waals surface area contributed by atoms with Crippen molar-refractivity contribution < 1.29 is 27.9 Å². The normalized spacial score (nSPS) is 21.3. The number of nitrogens with zero attached hydrogens (tertiary/aromatic N) is 5. The molecule has 164 valence electrons. The summed E-state index contributed by atoms with van der Waals surface area (Å²) < 4.78 is 35.6. The molecule has 0 spiro atoms. The quantitative estimate of drug-likeness (QED) is 0.746. The van der Waals surface area contributed by atoms with Crippen LogP contribution in [0.4, 0.5) is 13.2 Å². The van der Waals surface area contributed by atoms with Crippen LogP contribution in [0.5, 0.6) is 0 Å². The van der Waals surface area contributed by atoms with Gasteiger partial charge in [-0.25, -0.2) is 9.78 Å². The van der Waals surface area contributed by atoms with Gasteiger partial charge in [0.25, 0.3) is 5.91 Å². The Hall–Kier alpha value is -2.12. The fraction of sp³-hybridized carbons (Fsp3) is 0.588. The number of thiazole rings is 1. The third kappa shape index (κ3) is 5.32. The minimum absolute atomic E-state index is 0.0485. The Kier molecular flexibility index (Phi) is 6.72. The summed E-state index contributed by atoms with van der Waals surface area (Å²) >= 11 is 3.00. The largest absolute Gasteiger partial charge is 0.490 e. The molecule has 0 bridgehead atoms. The number of carboxylic acid groups (broad SMARTS) is 1. The fourth-order valence-electron chi connectivity index (χ4n) is 3.67. The minimum atomic E-state index is -5.08. The highest BCUT2D eigenvalue weighted by Crippen LogP contribution is 2.33. The maximum Gasteiger partial charge on any atom is 0.490 e. The van der Waals surface area contributed by atoms with Crippen molar-refractivity contribution in [3.8, 4) is 0 Å². The lowest BCUT2D eigenvalue weighted by Gasteiger charge is -2.20. The molecule has 2 aliphatic heterocycles. The van der Waals surface area contributed by atoms with E-state index in [2.05, 4.69) is 24.9 Å². The van der Waals surface area contributed by atoms with Crippen molar-refractivity contribution in [1.29, 1.82) is 0 Å². The van der Waals surface area contributed by atoms with E-state index in [0.717, 1.165) is 42.6 Å². The second-order valence-electron chi connectivity index (χ2n) is 7.26. The summed E-state index contributed by atoms with van der Waals surface area (Å²) in [5.74, 6) is -1.56. The smallest absolute Gasteiger partial charge is 0.475 e. The predicted molar refractivity (Wildman–Crippen MR) is 103 cm³/mol. The Balaban J connectivity index is 0.000000318. The highest BCUT2D eigenvalue weighted by molar-refractivity contribution is 7.09. The number of aliphatic carboxylic acids is 1. The fourth-order valence-corrected chi connectivity index (χ4v) is 4.74. The van der Waals surface area contributed by atoms with Gasteiger partial charge in [-0.2, -0.15) is 13.2 Å². The van der Waals surface area contributed by atoms with Gasteiger partial charge >= 0.3 is 12.1 Å². The van der Waals surface area contributed by atoms with Crippen LogP contribution in [0.25, 0.3) is 0 Å². The molecule has 0 radical (unpaired) electrons. The van der Waals surface area contributed by atoms with E-state index < -0.39 is 12.1 Å². The van der Waals surface area contributed by atoms with Gasteiger partial charge in [-0.3, -0.25) is 9.69 Å².